The standard InChI is InChI=1S/C15H17FN2O2.ClH/c1-9(18-15(19)10-4-5-17-8-10)14-7-11-6-12(16)2-3-13(11)20-14;/h2-3,6-7,9-10,17H,4-5,8H2,1H3,(H,18,19);1H/t9-,10-;/m1./s1. The molecule has 0 aliphatic carbocycles. The number of carbonyl (C=O) groups is 1. The lowest BCUT2D eigenvalue weighted by molar-refractivity contribution is -0.125. The fourth-order valence-corrected chi connectivity index (χ4v) is 2.53. The van der Waals surface area contributed by atoms with Gasteiger partial charge in [-0.25, -0.2) is 4.39 Å². The number of halogens is 2. The monoisotopic (exact) mass is 312 g/mol. The topological polar surface area (TPSA) is 54.3 Å². The number of hydrogen-bond acceptors (Lipinski definition) is 3. The molecular weight excluding hydrogens is 295 g/mol. The summed E-state index contributed by atoms with van der Waals surface area (Å²) in [5.41, 5.74) is 0.630. The van der Waals surface area contributed by atoms with E-state index in [1.54, 1.807) is 12.1 Å². The Kier molecular flexibility index (Phi) is 4.85. The molecule has 2 heterocycles. The minimum absolute atomic E-state index is 0. The van der Waals surface area contributed by atoms with Crippen molar-refractivity contribution in [2.24, 2.45) is 5.92 Å². The van der Waals surface area contributed by atoms with Gasteiger partial charge < -0.3 is 15.1 Å². The van der Waals surface area contributed by atoms with E-state index < -0.39 is 0 Å². The lowest BCUT2D eigenvalue weighted by Crippen LogP contribution is -2.33. The molecule has 1 aromatic heterocycles. The Balaban J connectivity index is 0.00000161. The largest absolute Gasteiger partial charge is 0.459 e. The van der Waals surface area contributed by atoms with Gasteiger partial charge in [-0.05, 0) is 44.2 Å². The van der Waals surface area contributed by atoms with E-state index >= 15 is 0 Å². The molecule has 1 saturated heterocycles. The average molecular weight is 313 g/mol. The van der Waals surface area contributed by atoms with Crippen LogP contribution in [0.4, 0.5) is 4.39 Å². The second-order valence-corrected chi connectivity index (χ2v) is 5.25. The molecule has 2 N–H and O–H groups in total. The number of amides is 1. The summed E-state index contributed by atoms with van der Waals surface area (Å²) in [4.78, 5) is 12.0. The minimum Gasteiger partial charge on any atom is -0.459 e. The summed E-state index contributed by atoms with van der Waals surface area (Å²) >= 11 is 0. The van der Waals surface area contributed by atoms with Gasteiger partial charge in [0.15, 0.2) is 0 Å². The number of hydrogen-bond donors (Lipinski definition) is 2. The van der Waals surface area contributed by atoms with Crippen LogP contribution in [-0.4, -0.2) is 19.0 Å². The molecular formula is C15H18ClFN2O2. The zero-order valence-electron chi connectivity index (χ0n) is 11.7. The summed E-state index contributed by atoms with van der Waals surface area (Å²) in [7, 11) is 0. The number of fused-ring (bicyclic) bond motifs is 1. The van der Waals surface area contributed by atoms with Crippen molar-refractivity contribution in [3.05, 3.63) is 35.8 Å². The predicted molar refractivity (Wildman–Crippen MR) is 81.0 cm³/mol. The molecule has 0 spiro atoms. The Hall–Kier alpha value is -1.59. The van der Waals surface area contributed by atoms with E-state index in [0.29, 0.717) is 16.7 Å². The zero-order chi connectivity index (χ0) is 14.1. The van der Waals surface area contributed by atoms with Crippen LogP contribution in [0, 0.1) is 11.7 Å². The van der Waals surface area contributed by atoms with Crippen molar-refractivity contribution in [3.63, 3.8) is 0 Å². The first-order valence-corrected chi connectivity index (χ1v) is 6.83. The number of carbonyl (C=O) groups excluding carboxylic acids is 1. The smallest absolute Gasteiger partial charge is 0.225 e. The average Bonchev–Trinajstić information content (AvgIpc) is 3.07. The Morgan fingerprint density at radius 3 is 3.00 bits per heavy atom. The third-order valence-corrected chi connectivity index (χ3v) is 3.71. The van der Waals surface area contributed by atoms with Crippen molar-refractivity contribution < 1.29 is 13.6 Å². The van der Waals surface area contributed by atoms with Gasteiger partial charge in [0.2, 0.25) is 5.91 Å². The molecule has 0 bridgehead atoms. The number of furan rings is 1. The van der Waals surface area contributed by atoms with Crippen LogP contribution >= 0.6 is 12.4 Å². The molecule has 4 nitrogen and oxygen atoms in total. The molecule has 21 heavy (non-hydrogen) atoms. The maximum atomic E-state index is 13.1. The van der Waals surface area contributed by atoms with Gasteiger partial charge in [0.1, 0.15) is 17.2 Å². The first kappa shape index (κ1) is 15.8. The van der Waals surface area contributed by atoms with Gasteiger partial charge in [0.25, 0.3) is 0 Å². The second-order valence-electron chi connectivity index (χ2n) is 5.25. The van der Waals surface area contributed by atoms with Crippen molar-refractivity contribution in [2.45, 2.75) is 19.4 Å². The summed E-state index contributed by atoms with van der Waals surface area (Å²) in [6.07, 6.45) is 0.865. The first-order chi connectivity index (χ1) is 9.63. The molecule has 3 rings (SSSR count). The highest BCUT2D eigenvalue weighted by atomic mass is 35.5. The normalized spacial score (nSPS) is 19.2. The lowest BCUT2D eigenvalue weighted by atomic mass is 10.1. The molecule has 0 saturated carbocycles. The molecule has 1 aromatic carbocycles. The van der Waals surface area contributed by atoms with Crippen molar-refractivity contribution in [1.82, 2.24) is 10.6 Å². The van der Waals surface area contributed by atoms with Gasteiger partial charge in [-0.3, -0.25) is 4.79 Å². The van der Waals surface area contributed by atoms with Crippen LogP contribution in [0.5, 0.6) is 0 Å². The van der Waals surface area contributed by atoms with Crippen LogP contribution in [0.3, 0.4) is 0 Å². The van der Waals surface area contributed by atoms with Crippen LogP contribution in [0.2, 0.25) is 0 Å². The molecule has 1 amide bonds. The van der Waals surface area contributed by atoms with Crippen molar-refractivity contribution in [3.8, 4) is 0 Å². The predicted octanol–water partition coefficient (Wildman–Crippen LogP) is 2.78. The van der Waals surface area contributed by atoms with E-state index in [-0.39, 0.29) is 36.1 Å². The number of nitrogens with one attached hydrogen (secondary N) is 2. The minimum atomic E-state index is -0.293. The van der Waals surface area contributed by atoms with Gasteiger partial charge in [0.05, 0.1) is 12.0 Å². The van der Waals surface area contributed by atoms with Crippen LogP contribution in [0.25, 0.3) is 11.0 Å². The summed E-state index contributed by atoms with van der Waals surface area (Å²) in [6, 6.07) is 5.94. The Morgan fingerprint density at radius 1 is 1.48 bits per heavy atom. The maximum Gasteiger partial charge on any atom is 0.225 e. The van der Waals surface area contributed by atoms with Crippen molar-refractivity contribution in [1.29, 1.82) is 0 Å². The molecule has 2 atom stereocenters. The summed E-state index contributed by atoms with van der Waals surface area (Å²) < 4.78 is 18.8. The molecule has 0 radical (unpaired) electrons. The van der Waals surface area contributed by atoms with Gasteiger partial charge in [0, 0.05) is 11.9 Å². The first-order valence-electron chi connectivity index (χ1n) is 6.83. The van der Waals surface area contributed by atoms with Crippen molar-refractivity contribution in [2.75, 3.05) is 13.1 Å². The fraction of sp³-hybridized carbons (Fsp3) is 0.400. The van der Waals surface area contributed by atoms with Crippen LogP contribution in [0.15, 0.2) is 28.7 Å². The van der Waals surface area contributed by atoms with E-state index in [1.807, 2.05) is 6.92 Å². The third kappa shape index (κ3) is 3.36. The molecule has 1 fully saturated rings. The van der Waals surface area contributed by atoms with E-state index in [1.165, 1.54) is 12.1 Å². The van der Waals surface area contributed by atoms with Crippen LogP contribution < -0.4 is 10.6 Å². The Labute approximate surface area is 128 Å². The molecule has 114 valence electrons. The maximum absolute atomic E-state index is 13.1. The molecule has 1 aliphatic rings. The van der Waals surface area contributed by atoms with Crippen LogP contribution in [-0.2, 0) is 4.79 Å². The van der Waals surface area contributed by atoms with Gasteiger partial charge >= 0.3 is 0 Å². The van der Waals surface area contributed by atoms with E-state index in [9.17, 15) is 9.18 Å². The molecule has 1 aliphatic heterocycles. The van der Waals surface area contributed by atoms with E-state index in [2.05, 4.69) is 10.6 Å². The molecule has 6 heteroatoms. The number of rotatable bonds is 3. The fourth-order valence-electron chi connectivity index (χ4n) is 2.53. The Morgan fingerprint density at radius 2 is 2.29 bits per heavy atom. The van der Waals surface area contributed by atoms with Gasteiger partial charge in [-0.2, -0.15) is 0 Å². The molecule has 2 aromatic rings. The second kappa shape index (κ2) is 6.45. The van der Waals surface area contributed by atoms with Crippen molar-refractivity contribution >= 4 is 29.3 Å². The summed E-state index contributed by atoms with van der Waals surface area (Å²) in [5.74, 6) is 0.414. The molecule has 0 unspecified atom stereocenters. The highest BCUT2D eigenvalue weighted by Gasteiger charge is 2.24. The third-order valence-electron chi connectivity index (χ3n) is 3.71. The highest BCUT2D eigenvalue weighted by Crippen LogP contribution is 2.25. The van der Waals surface area contributed by atoms with Gasteiger partial charge in [-0.15, -0.1) is 12.4 Å². The zero-order valence-corrected chi connectivity index (χ0v) is 12.5. The number of benzene rings is 1. The van der Waals surface area contributed by atoms with E-state index in [4.69, 9.17) is 4.42 Å². The lowest BCUT2D eigenvalue weighted by Gasteiger charge is -2.14. The van der Waals surface area contributed by atoms with E-state index in [0.717, 1.165) is 19.5 Å². The van der Waals surface area contributed by atoms with Gasteiger partial charge in [-0.1, -0.05) is 0 Å². The Bertz CT molecular complexity index is 638. The highest BCUT2D eigenvalue weighted by molar-refractivity contribution is 5.85. The SMILES string of the molecule is C[C@@H](NC(=O)[C@@H]1CCNC1)c1cc2cc(F)ccc2o1.Cl. The summed E-state index contributed by atoms with van der Waals surface area (Å²) in [5, 5.41) is 6.83. The summed E-state index contributed by atoms with van der Waals surface area (Å²) in [6.45, 7) is 3.48. The van der Waals surface area contributed by atoms with Crippen LogP contribution in [0.1, 0.15) is 25.1 Å². The quantitative estimate of drug-likeness (QED) is 0.916.